The van der Waals surface area contributed by atoms with E-state index in [2.05, 4.69) is 17.3 Å². The highest BCUT2D eigenvalue weighted by atomic mass is 19.1. The van der Waals surface area contributed by atoms with Gasteiger partial charge in [-0.1, -0.05) is 19.1 Å². The maximum atomic E-state index is 13.4. The summed E-state index contributed by atoms with van der Waals surface area (Å²) in [5.74, 6) is 0.157. The Hall–Kier alpha value is -1.68. The number of rotatable bonds is 7. The predicted molar refractivity (Wildman–Crippen MR) is 79.2 cm³/mol. The SMILES string of the molecule is CCNCC(CCc1ccnn1C)c1cccc(F)c1. The molecule has 0 aliphatic carbocycles. The van der Waals surface area contributed by atoms with Crippen molar-refractivity contribution in [3.05, 3.63) is 53.6 Å². The van der Waals surface area contributed by atoms with Gasteiger partial charge in [-0.05, 0) is 49.1 Å². The minimum atomic E-state index is -0.162. The van der Waals surface area contributed by atoms with Crippen LogP contribution in [0, 0.1) is 5.82 Å². The van der Waals surface area contributed by atoms with Gasteiger partial charge in [0.15, 0.2) is 0 Å². The molecule has 0 spiro atoms. The monoisotopic (exact) mass is 275 g/mol. The molecule has 0 fully saturated rings. The average molecular weight is 275 g/mol. The summed E-state index contributed by atoms with van der Waals surface area (Å²) in [7, 11) is 1.96. The van der Waals surface area contributed by atoms with Gasteiger partial charge in [0.1, 0.15) is 5.82 Å². The summed E-state index contributed by atoms with van der Waals surface area (Å²) < 4.78 is 15.3. The Labute approximate surface area is 119 Å². The summed E-state index contributed by atoms with van der Waals surface area (Å²) >= 11 is 0. The highest BCUT2D eigenvalue weighted by Gasteiger charge is 2.13. The fourth-order valence-corrected chi connectivity index (χ4v) is 2.43. The van der Waals surface area contributed by atoms with E-state index in [0.717, 1.165) is 31.5 Å². The van der Waals surface area contributed by atoms with Crippen LogP contribution in [0.2, 0.25) is 0 Å². The molecule has 0 saturated heterocycles. The van der Waals surface area contributed by atoms with Gasteiger partial charge in [0.05, 0.1) is 0 Å². The molecule has 1 aromatic carbocycles. The van der Waals surface area contributed by atoms with Crippen molar-refractivity contribution >= 4 is 0 Å². The number of hydrogen-bond donors (Lipinski definition) is 1. The zero-order valence-corrected chi connectivity index (χ0v) is 12.1. The minimum Gasteiger partial charge on any atom is -0.316 e. The van der Waals surface area contributed by atoms with Crippen LogP contribution in [0.5, 0.6) is 0 Å². The van der Waals surface area contributed by atoms with Crippen LogP contribution in [0.25, 0.3) is 0 Å². The first-order chi connectivity index (χ1) is 9.70. The molecule has 0 bridgehead atoms. The van der Waals surface area contributed by atoms with Crippen molar-refractivity contribution in [2.24, 2.45) is 7.05 Å². The first kappa shape index (κ1) is 14.7. The fourth-order valence-electron chi connectivity index (χ4n) is 2.43. The Morgan fingerprint density at radius 3 is 2.85 bits per heavy atom. The van der Waals surface area contributed by atoms with Crippen LogP contribution in [0.4, 0.5) is 4.39 Å². The molecular weight excluding hydrogens is 253 g/mol. The van der Waals surface area contributed by atoms with Gasteiger partial charge < -0.3 is 5.32 Å². The summed E-state index contributed by atoms with van der Waals surface area (Å²) in [4.78, 5) is 0. The fraction of sp³-hybridized carbons (Fsp3) is 0.438. The molecule has 1 heterocycles. The number of halogens is 1. The van der Waals surface area contributed by atoms with Crippen LogP contribution in [0.1, 0.15) is 30.5 Å². The van der Waals surface area contributed by atoms with Gasteiger partial charge in [-0.15, -0.1) is 0 Å². The van der Waals surface area contributed by atoms with Crippen molar-refractivity contribution in [1.82, 2.24) is 15.1 Å². The Bertz CT molecular complexity index is 536. The maximum absolute atomic E-state index is 13.4. The van der Waals surface area contributed by atoms with Crippen LogP contribution in [0.15, 0.2) is 36.5 Å². The van der Waals surface area contributed by atoms with Crippen molar-refractivity contribution in [1.29, 1.82) is 0 Å². The largest absolute Gasteiger partial charge is 0.316 e. The Morgan fingerprint density at radius 2 is 2.20 bits per heavy atom. The molecule has 1 atom stereocenters. The zero-order valence-electron chi connectivity index (χ0n) is 12.1. The van der Waals surface area contributed by atoms with Gasteiger partial charge in [-0.2, -0.15) is 5.10 Å². The maximum Gasteiger partial charge on any atom is 0.123 e. The van der Waals surface area contributed by atoms with E-state index in [-0.39, 0.29) is 5.82 Å². The summed E-state index contributed by atoms with van der Waals surface area (Å²) in [5.41, 5.74) is 2.27. The zero-order chi connectivity index (χ0) is 14.4. The van der Waals surface area contributed by atoms with E-state index in [0.29, 0.717) is 5.92 Å². The highest BCUT2D eigenvalue weighted by Crippen LogP contribution is 2.22. The van der Waals surface area contributed by atoms with E-state index < -0.39 is 0 Å². The molecule has 20 heavy (non-hydrogen) atoms. The molecule has 3 nitrogen and oxygen atoms in total. The second-order valence-corrected chi connectivity index (χ2v) is 5.04. The van der Waals surface area contributed by atoms with Crippen LogP contribution in [0.3, 0.4) is 0 Å². The molecular formula is C16H22FN3. The molecule has 1 unspecified atom stereocenters. The van der Waals surface area contributed by atoms with Gasteiger partial charge in [-0.3, -0.25) is 4.68 Å². The second-order valence-electron chi connectivity index (χ2n) is 5.04. The first-order valence-corrected chi connectivity index (χ1v) is 7.13. The third kappa shape index (κ3) is 3.90. The van der Waals surface area contributed by atoms with Gasteiger partial charge in [-0.25, -0.2) is 4.39 Å². The lowest BCUT2D eigenvalue weighted by molar-refractivity contribution is 0.544. The predicted octanol–water partition coefficient (Wildman–Crippen LogP) is 2.89. The minimum absolute atomic E-state index is 0.162. The average Bonchev–Trinajstić information content (AvgIpc) is 2.84. The van der Waals surface area contributed by atoms with Crippen molar-refractivity contribution in [2.75, 3.05) is 13.1 Å². The molecule has 2 aromatic rings. The summed E-state index contributed by atoms with van der Waals surface area (Å²) in [5, 5.41) is 7.55. The topological polar surface area (TPSA) is 29.9 Å². The smallest absolute Gasteiger partial charge is 0.123 e. The number of nitrogens with one attached hydrogen (secondary N) is 1. The molecule has 0 saturated carbocycles. The number of aromatic nitrogens is 2. The van der Waals surface area contributed by atoms with Crippen LogP contribution in [-0.4, -0.2) is 22.9 Å². The molecule has 0 radical (unpaired) electrons. The molecule has 2 rings (SSSR count). The van der Waals surface area contributed by atoms with Crippen molar-refractivity contribution in [3.8, 4) is 0 Å². The lowest BCUT2D eigenvalue weighted by Gasteiger charge is -2.18. The van der Waals surface area contributed by atoms with E-state index in [9.17, 15) is 4.39 Å². The van der Waals surface area contributed by atoms with E-state index >= 15 is 0 Å². The van der Waals surface area contributed by atoms with Crippen LogP contribution >= 0.6 is 0 Å². The van der Waals surface area contributed by atoms with Crippen LogP contribution < -0.4 is 5.32 Å². The van der Waals surface area contributed by atoms with E-state index in [1.165, 1.54) is 11.8 Å². The lowest BCUT2D eigenvalue weighted by Crippen LogP contribution is -2.22. The van der Waals surface area contributed by atoms with Gasteiger partial charge in [0.2, 0.25) is 0 Å². The second kappa shape index (κ2) is 7.20. The van der Waals surface area contributed by atoms with Gasteiger partial charge in [0, 0.05) is 25.5 Å². The molecule has 0 aliphatic heterocycles. The normalized spacial score (nSPS) is 12.6. The molecule has 1 aromatic heterocycles. The third-order valence-corrected chi connectivity index (χ3v) is 3.63. The van der Waals surface area contributed by atoms with Crippen molar-refractivity contribution in [3.63, 3.8) is 0 Å². The highest BCUT2D eigenvalue weighted by molar-refractivity contribution is 5.21. The van der Waals surface area contributed by atoms with Crippen molar-refractivity contribution < 1.29 is 4.39 Å². The number of hydrogen-bond acceptors (Lipinski definition) is 2. The number of nitrogens with zero attached hydrogens (tertiary/aromatic N) is 2. The number of aryl methyl sites for hydroxylation is 2. The molecule has 0 amide bonds. The quantitative estimate of drug-likeness (QED) is 0.842. The number of likely N-dealkylation sites (N-methyl/N-ethyl adjacent to an activating group) is 1. The van der Waals surface area contributed by atoms with E-state index in [4.69, 9.17) is 0 Å². The summed E-state index contributed by atoms with van der Waals surface area (Å²) in [6.45, 7) is 3.89. The first-order valence-electron chi connectivity index (χ1n) is 7.13. The number of benzene rings is 1. The Balaban J connectivity index is 2.05. The molecule has 0 aliphatic rings. The van der Waals surface area contributed by atoms with Gasteiger partial charge >= 0.3 is 0 Å². The summed E-state index contributed by atoms with van der Waals surface area (Å²) in [6, 6.07) is 8.97. The van der Waals surface area contributed by atoms with E-state index in [1.54, 1.807) is 12.1 Å². The van der Waals surface area contributed by atoms with E-state index in [1.807, 2.05) is 30.1 Å². The lowest BCUT2D eigenvalue weighted by atomic mass is 9.93. The van der Waals surface area contributed by atoms with Crippen molar-refractivity contribution in [2.45, 2.75) is 25.7 Å². The van der Waals surface area contributed by atoms with Gasteiger partial charge in [0.25, 0.3) is 0 Å². The van der Waals surface area contributed by atoms with Crippen LogP contribution in [-0.2, 0) is 13.5 Å². The Morgan fingerprint density at radius 1 is 1.35 bits per heavy atom. The Kier molecular flexibility index (Phi) is 5.30. The third-order valence-electron chi connectivity index (χ3n) is 3.63. The molecule has 108 valence electrons. The standard InChI is InChI=1S/C16H22FN3/c1-3-18-12-14(13-5-4-6-15(17)11-13)7-8-16-9-10-19-20(16)2/h4-6,9-11,14,18H,3,7-8,12H2,1-2H3. The molecule has 4 heteroatoms. The molecule has 1 N–H and O–H groups in total. The summed E-state index contributed by atoms with van der Waals surface area (Å²) in [6.07, 6.45) is 3.75.